The molecule has 1 aliphatic carbocycles. The van der Waals surface area contributed by atoms with Gasteiger partial charge in [0.05, 0.1) is 0 Å². The molecule has 0 aromatic carbocycles. The van der Waals surface area contributed by atoms with Crippen LogP contribution in [0.3, 0.4) is 0 Å². The second-order valence-electron chi connectivity index (χ2n) is 5.97. The maximum atomic E-state index is 4.64. The van der Waals surface area contributed by atoms with Crippen LogP contribution in [-0.4, -0.2) is 24.1 Å². The standard InChI is InChI=1S/C16H27N3/c1-4-9-19(15-6-7-15)16-8-5-14(12-18-16)11-17-10-13(2)3/h5,8,12-13,15,17H,4,6-7,9-11H2,1-3H3. The molecule has 19 heavy (non-hydrogen) atoms. The predicted molar refractivity (Wildman–Crippen MR) is 81.4 cm³/mol. The van der Waals surface area contributed by atoms with Gasteiger partial charge in [-0.2, -0.15) is 0 Å². The van der Waals surface area contributed by atoms with E-state index in [1.807, 2.05) is 6.20 Å². The molecule has 1 saturated carbocycles. The van der Waals surface area contributed by atoms with E-state index >= 15 is 0 Å². The van der Waals surface area contributed by atoms with Gasteiger partial charge in [-0.05, 0) is 43.4 Å². The van der Waals surface area contributed by atoms with Crippen LogP contribution in [0, 0.1) is 5.92 Å². The minimum Gasteiger partial charge on any atom is -0.354 e. The smallest absolute Gasteiger partial charge is 0.128 e. The fraction of sp³-hybridized carbons (Fsp3) is 0.688. The summed E-state index contributed by atoms with van der Waals surface area (Å²) >= 11 is 0. The van der Waals surface area contributed by atoms with E-state index in [0.717, 1.165) is 31.5 Å². The molecule has 2 rings (SSSR count). The van der Waals surface area contributed by atoms with E-state index in [1.165, 1.54) is 24.8 Å². The average Bonchev–Trinajstić information content (AvgIpc) is 3.21. The lowest BCUT2D eigenvalue weighted by Crippen LogP contribution is -2.27. The number of nitrogens with one attached hydrogen (secondary N) is 1. The molecule has 1 fully saturated rings. The SMILES string of the molecule is CCCN(c1ccc(CNCC(C)C)cn1)C1CC1. The molecule has 1 heterocycles. The van der Waals surface area contributed by atoms with Gasteiger partial charge in [0.25, 0.3) is 0 Å². The summed E-state index contributed by atoms with van der Waals surface area (Å²) in [5.41, 5.74) is 1.27. The van der Waals surface area contributed by atoms with Crippen molar-refractivity contribution in [2.24, 2.45) is 5.92 Å². The normalized spacial score (nSPS) is 14.9. The molecule has 3 heteroatoms. The van der Waals surface area contributed by atoms with Gasteiger partial charge in [0.2, 0.25) is 0 Å². The Kier molecular flexibility index (Phi) is 5.20. The van der Waals surface area contributed by atoms with Crippen molar-refractivity contribution in [2.45, 2.75) is 52.6 Å². The summed E-state index contributed by atoms with van der Waals surface area (Å²) < 4.78 is 0. The van der Waals surface area contributed by atoms with Crippen LogP contribution in [-0.2, 0) is 6.54 Å². The largest absolute Gasteiger partial charge is 0.354 e. The van der Waals surface area contributed by atoms with Crippen LogP contribution in [0.25, 0.3) is 0 Å². The Bertz CT molecular complexity index is 368. The summed E-state index contributed by atoms with van der Waals surface area (Å²) in [6, 6.07) is 5.14. The molecule has 0 atom stereocenters. The molecule has 1 aromatic rings. The number of nitrogens with zero attached hydrogens (tertiary/aromatic N) is 2. The minimum atomic E-state index is 0.696. The van der Waals surface area contributed by atoms with Crippen LogP contribution < -0.4 is 10.2 Å². The van der Waals surface area contributed by atoms with E-state index in [2.05, 4.69) is 48.1 Å². The first-order chi connectivity index (χ1) is 9.20. The highest BCUT2D eigenvalue weighted by molar-refractivity contribution is 5.42. The Morgan fingerprint density at radius 2 is 2.16 bits per heavy atom. The highest BCUT2D eigenvalue weighted by atomic mass is 15.2. The third kappa shape index (κ3) is 4.50. The van der Waals surface area contributed by atoms with Crippen molar-refractivity contribution in [3.8, 4) is 0 Å². The molecular formula is C16H27N3. The lowest BCUT2D eigenvalue weighted by atomic mass is 10.2. The van der Waals surface area contributed by atoms with Crippen LogP contribution >= 0.6 is 0 Å². The summed E-state index contributed by atoms with van der Waals surface area (Å²) in [5.74, 6) is 1.85. The maximum absolute atomic E-state index is 4.64. The molecular weight excluding hydrogens is 234 g/mol. The predicted octanol–water partition coefficient (Wildman–Crippen LogP) is 3.21. The van der Waals surface area contributed by atoms with Crippen LogP contribution in [0.2, 0.25) is 0 Å². The fourth-order valence-electron chi connectivity index (χ4n) is 2.31. The fourth-order valence-corrected chi connectivity index (χ4v) is 2.31. The van der Waals surface area contributed by atoms with E-state index in [0.29, 0.717) is 5.92 Å². The second kappa shape index (κ2) is 6.90. The van der Waals surface area contributed by atoms with Crippen molar-refractivity contribution in [3.63, 3.8) is 0 Å². The molecule has 0 aliphatic heterocycles. The van der Waals surface area contributed by atoms with Crippen molar-refractivity contribution in [2.75, 3.05) is 18.0 Å². The van der Waals surface area contributed by atoms with Crippen LogP contribution in [0.15, 0.2) is 18.3 Å². The molecule has 0 bridgehead atoms. The molecule has 0 spiro atoms. The Hall–Kier alpha value is -1.09. The molecule has 0 saturated heterocycles. The van der Waals surface area contributed by atoms with Crippen molar-refractivity contribution in [1.29, 1.82) is 0 Å². The quantitative estimate of drug-likeness (QED) is 0.779. The maximum Gasteiger partial charge on any atom is 0.128 e. The number of pyridine rings is 1. The van der Waals surface area contributed by atoms with Gasteiger partial charge in [-0.3, -0.25) is 0 Å². The van der Waals surface area contributed by atoms with Gasteiger partial charge in [0.1, 0.15) is 5.82 Å². The van der Waals surface area contributed by atoms with Crippen LogP contribution in [0.5, 0.6) is 0 Å². The zero-order chi connectivity index (χ0) is 13.7. The lowest BCUT2D eigenvalue weighted by Gasteiger charge is -2.23. The minimum absolute atomic E-state index is 0.696. The van der Waals surface area contributed by atoms with E-state index in [9.17, 15) is 0 Å². The zero-order valence-electron chi connectivity index (χ0n) is 12.5. The average molecular weight is 261 g/mol. The number of hydrogen-bond donors (Lipinski definition) is 1. The first kappa shape index (κ1) is 14.3. The van der Waals surface area contributed by atoms with Gasteiger partial charge in [-0.25, -0.2) is 4.98 Å². The summed E-state index contributed by atoms with van der Waals surface area (Å²) in [5, 5.41) is 3.46. The Morgan fingerprint density at radius 3 is 2.68 bits per heavy atom. The van der Waals surface area contributed by atoms with Gasteiger partial charge in [0, 0.05) is 25.3 Å². The summed E-state index contributed by atoms with van der Waals surface area (Å²) in [6.45, 7) is 9.80. The number of rotatable bonds is 8. The summed E-state index contributed by atoms with van der Waals surface area (Å²) in [7, 11) is 0. The Morgan fingerprint density at radius 1 is 1.37 bits per heavy atom. The topological polar surface area (TPSA) is 28.2 Å². The Balaban J connectivity index is 1.89. The first-order valence-electron chi connectivity index (χ1n) is 7.63. The monoisotopic (exact) mass is 261 g/mol. The summed E-state index contributed by atoms with van der Waals surface area (Å²) in [4.78, 5) is 7.11. The van der Waals surface area contributed by atoms with E-state index in [4.69, 9.17) is 0 Å². The first-order valence-corrected chi connectivity index (χ1v) is 7.63. The highest BCUT2D eigenvalue weighted by Gasteiger charge is 2.29. The Labute approximate surface area is 117 Å². The van der Waals surface area contributed by atoms with Crippen molar-refractivity contribution in [3.05, 3.63) is 23.9 Å². The number of hydrogen-bond acceptors (Lipinski definition) is 3. The van der Waals surface area contributed by atoms with Crippen molar-refractivity contribution < 1.29 is 0 Å². The van der Waals surface area contributed by atoms with Crippen LogP contribution in [0.1, 0.15) is 45.6 Å². The van der Waals surface area contributed by atoms with Gasteiger partial charge < -0.3 is 10.2 Å². The summed E-state index contributed by atoms with van der Waals surface area (Å²) in [6.07, 6.45) is 5.88. The third-order valence-electron chi connectivity index (χ3n) is 3.44. The second-order valence-corrected chi connectivity index (χ2v) is 5.97. The zero-order valence-corrected chi connectivity index (χ0v) is 12.5. The highest BCUT2D eigenvalue weighted by Crippen LogP contribution is 2.30. The molecule has 0 amide bonds. The molecule has 0 radical (unpaired) electrons. The molecule has 0 unspecified atom stereocenters. The molecule has 3 nitrogen and oxygen atoms in total. The van der Waals surface area contributed by atoms with E-state index < -0.39 is 0 Å². The van der Waals surface area contributed by atoms with Gasteiger partial charge >= 0.3 is 0 Å². The number of aromatic nitrogens is 1. The number of anilines is 1. The van der Waals surface area contributed by atoms with E-state index in [-0.39, 0.29) is 0 Å². The molecule has 1 aromatic heterocycles. The van der Waals surface area contributed by atoms with Gasteiger partial charge in [0.15, 0.2) is 0 Å². The molecule has 106 valence electrons. The van der Waals surface area contributed by atoms with Gasteiger partial charge in [-0.1, -0.05) is 26.8 Å². The molecule has 1 N–H and O–H groups in total. The lowest BCUT2D eigenvalue weighted by molar-refractivity contribution is 0.552. The van der Waals surface area contributed by atoms with E-state index in [1.54, 1.807) is 0 Å². The van der Waals surface area contributed by atoms with Crippen molar-refractivity contribution in [1.82, 2.24) is 10.3 Å². The third-order valence-corrected chi connectivity index (χ3v) is 3.44. The van der Waals surface area contributed by atoms with Crippen LogP contribution in [0.4, 0.5) is 5.82 Å². The molecule has 1 aliphatic rings. The van der Waals surface area contributed by atoms with Gasteiger partial charge in [-0.15, -0.1) is 0 Å². The van der Waals surface area contributed by atoms with Crippen molar-refractivity contribution >= 4 is 5.82 Å².